The van der Waals surface area contributed by atoms with E-state index in [0.29, 0.717) is 18.5 Å². The van der Waals surface area contributed by atoms with Crippen LogP contribution in [0.5, 0.6) is 0 Å². The number of hydrogen-bond donors (Lipinski definition) is 3. The number of alkyl carbamates (subject to hydrolysis) is 1. The van der Waals surface area contributed by atoms with E-state index >= 15 is 0 Å². The van der Waals surface area contributed by atoms with Crippen LogP contribution in [0.15, 0.2) is 24.3 Å². The number of primary amides is 1. The maximum absolute atomic E-state index is 14.1. The van der Waals surface area contributed by atoms with Gasteiger partial charge in [-0.25, -0.2) is 4.79 Å². The number of carbonyl (C=O) groups is 4. The third-order valence-corrected chi connectivity index (χ3v) is 6.80. The first kappa shape index (κ1) is 32.1. The lowest BCUT2D eigenvalue weighted by Crippen LogP contribution is -2.55. The fraction of sp³-hybridized carbons (Fsp3) is 0.667. The van der Waals surface area contributed by atoms with Gasteiger partial charge in [-0.15, -0.1) is 0 Å². The maximum atomic E-state index is 14.1. The molecule has 0 radical (unpaired) electrons. The fourth-order valence-electron chi connectivity index (χ4n) is 4.97. The Labute approximate surface area is 233 Å². The highest BCUT2D eigenvalue weighted by Crippen LogP contribution is 2.26. The third kappa shape index (κ3) is 11.3. The zero-order chi connectivity index (χ0) is 29.0. The van der Waals surface area contributed by atoms with Gasteiger partial charge >= 0.3 is 6.09 Å². The number of nitrogens with one attached hydrogen (secondary N) is 2. The molecular weight excluding hydrogens is 496 g/mol. The topological polar surface area (TPSA) is 131 Å². The van der Waals surface area contributed by atoms with Crippen LogP contribution in [0.2, 0.25) is 0 Å². The number of amides is 4. The fourth-order valence-corrected chi connectivity index (χ4v) is 4.97. The van der Waals surface area contributed by atoms with E-state index in [4.69, 9.17) is 10.5 Å². The van der Waals surface area contributed by atoms with E-state index in [1.807, 2.05) is 31.2 Å². The van der Waals surface area contributed by atoms with Crippen LogP contribution in [-0.4, -0.2) is 52.9 Å². The van der Waals surface area contributed by atoms with Gasteiger partial charge in [-0.05, 0) is 52.5 Å². The van der Waals surface area contributed by atoms with Crippen LogP contribution >= 0.6 is 0 Å². The monoisotopic (exact) mass is 544 g/mol. The number of nitrogens with zero attached hydrogens (tertiary/aromatic N) is 1. The van der Waals surface area contributed by atoms with E-state index in [1.54, 1.807) is 20.8 Å². The van der Waals surface area contributed by atoms with Crippen molar-refractivity contribution in [1.29, 1.82) is 0 Å². The van der Waals surface area contributed by atoms with E-state index in [9.17, 15) is 19.2 Å². The molecule has 0 aliphatic heterocycles. The van der Waals surface area contributed by atoms with Crippen molar-refractivity contribution < 1.29 is 23.9 Å². The number of benzene rings is 1. The van der Waals surface area contributed by atoms with Crippen molar-refractivity contribution in [2.24, 2.45) is 5.73 Å². The van der Waals surface area contributed by atoms with Gasteiger partial charge in [0.05, 0.1) is 6.42 Å². The summed E-state index contributed by atoms with van der Waals surface area (Å²) in [5, 5.41) is 5.73. The van der Waals surface area contributed by atoms with E-state index in [2.05, 4.69) is 17.6 Å². The quantitative estimate of drug-likeness (QED) is 0.311. The van der Waals surface area contributed by atoms with Crippen molar-refractivity contribution in [3.05, 3.63) is 35.4 Å². The molecule has 2 atom stereocenters. The lowest BCUT2D eigenvalue weighted by Gasteiger charge is -2.35. The Morgan fingerprint density at radius 1 is 1.08 bits per heavy atom. The zero-order valence-corrected chi connectivity index (χ0v) is 24.4. The predicted octanol–water partition coefficient (Wildman–Crippen LogP) is 4.66. The molecule has 39 heavy (non-hydrogen) atoms. The van der Waals surface area contributed by atoms with Gasteiger partial charge in [-0.1, -0.05) is 75.3 Å². The molecule has 0 heterocycles. The molecule has 1 aliphatic carbocycles. The highest BCUT2D eigenvalue weighted by molar-refractivity contribution is 5.94. The molecule has 1 fully saturated rings. The average molecular weight is 545 g/mol. The summed E-state index contributed by atoms with van der Waals surface area (Å²) in [6.45, 7) is 9.46. The molecule has 9 heteroatoms. The standard InChI is InChI=1S/C30H48N4O5/c1-6-7-8-12-18-34(28(37)24(20-25(31)35)33-29(38)39-30(3,4)5)26(22-15-13-14-21(2)19-22)27(36)32-23-16-10-9-11-17-23/h13-15,19,23-24,26H,6-12,16-18,20H2,1-5H3,(H2,31,35)(H,32,36)(H,33,38). The minimum atomic E-state index is -1.27. The van der Waals surface area contributed by atoms with Crippen molar-refractivity contribution in [1.82, 2.24) is 15.5 Å². The van der Waals surface area contributed by atoms with Crippen LogP contribution in [0.1, 0.15) is 109 Å². The number of ether oxygens (including phenoxy) is 1. The highest BCUT2D eigenvalue weighted by Gasteiger charge is 2.37. The number of hydrogen-bond acceptors (Lipinski definition) is 5. The van der Waals surface area contributed by atoms with Crippen LogP contribution in [0.3, 0.4) is 0 Å². The first-order chi connectivity index (χ1) is 18.4. The first-order valence-corrected chi connectivity index (χ1v) is 14.4. The Kier molecular flexibility index (Phi) is 12.7. The van der Waals surface area contributed by atoms with Crippen LogP contribution in [-0.2, 0) is 19.1 Å². The second-order valence-corrected chi connectivity index (χ2v) is 11.6. The molecule has 0 aromatic heterocycles. The molecule has 4 N–H and O–H groups in total. The summed E-state index contributed by atoms with van der Waals surface area (Å²) in [7, 11) is 0. The van der Waals surface area contributed by atoms with Crippen molar-refractivity contribution in [2.75, 3.05) is 6.54 Å². The largest absolute Gasteiger partial charge is 0.444 e. The number of nitrogens with two attached hydrogens (primary N) is 1. The predicted molar refractivity (Wildman–Crippen MR) is 152 cm³/mol. The number of aryl methyl sites for hydroxylation is 1. The Morgan fingerprint density at radius 3 is 2.36 bits per heavy atom. The van der Waals surface area contributed by atoms with E-state index in [1.165, 1.54) is 4.90 Å². The molecular formula is C30H48N4O5. The van der Waals surface area contributed by atoms with Gasteiger partial charge in [-0.3, -0.25) is 14.4 Å². The number of unbranched alkanes of at least 4 members (excludes halogenated alkanes) is 3. The molecule has 1 aliphatic rings. The molecule has 1 aromatic rings. The van der Waals surface area contributed by atoms with Gasteiger partial charge in [0.1, 0.15) is 17.7 Å². The Bertz CT molecular complexity index is 968. The Balaban J connectivity index is 2.46. The summed E-state index contributed by atoms with van der Waals surface area (Å²) >= 11 is 0. The maximum Gasteiger partial charge on any atom is 0.408 e. The Morgan fingerprint density at radius 2 is 1.77 bits per heavy atom. The summed E-state index contributed by atoms with van der Waals surface area (Å²) < 4.78 is 5.35. The number of rotatable bonds is 13. The van der Waals surface area contributed by atoms with E-state index < -0.39 is 42.0 Å². The second kappa shape index (κ2) is 15.5. The molecule has 2 rings (SSSR count). The van der Waals surface area contributed by atoms with Crippen molar-refractivity contribution >= 4 is 23.8 Å². The third-order valence-electron chi connectivity index (χ3n) is 6.80. The summed E-state index contributed by atoms with van der Waals surface area (Å²) in [5.41, 5.74) is 6.33. The molecule has 0 spiro atoms. The molecule has 1 saturated carbocycles. The summed E-state index contributed by atoms with van der Waals surface area (Å²) in [4.78, 5) is 54.1. The van der Waals surface area contributed by atoms with Crippen molar-refractivity contribution in [3.8, 4) is 0 Å². The summed E-state index contributed by atoms with van der Waals surface area (Å²) in [6.07, 6.45) is 7.40. The summed E-state index contributed by atoms with van der Waals surface area (Å²) in [6, 6.07) is 5.42. The second-order valence-electron chi connectivity index (χ2n) is 11.6. The van der Waals surface area contributed by atoms with Gasteiger partial charge in [-0.2, -0.15) is 0 Å². The molecule has 1 aromatic carbocycles. The van der Waals surface area contributed by atoms with Crippen LogP contribution in [0.25, 0.3) is 0 Å². The smallest absolute Gasteiger partial charge is 0.408 e. The SMILES string of the molecule is CCCCCCN(C(=O)C(CC(N)=O)NC(=O)OC(C)(C)C)C(C(=O)NC1CCCCC1)c1cccc(C)c1. The van der Waals surface area contributed by atoms with Crippen LogP contribution in [0.4, 0.5) is 4.79 Å². The normalized spacial score (nSPS) is 15.6. The van der Waals surface area contributed by atoms with Gasteiger partial charge in [0, 0.05) is 12.6 Å². The minimum Gasteiger partial charge on any atom is -0.444 e. The lowest BCUT2D eigenvalue weighted by atomic mass is 9.94. The van der Waals surface area contributed by atoms with E-state index in [-0.39, 0.29) is 11.9 Å². The first-order valence-electron chi connectivity index (χ1n) is 14.4. The molecule has 2 unspecified atom stereocenters. The zero-order valence-electron chi connectivity index (χ0n) is 24.4. The minimum absolute atomic E-state index is 0.0527. The van der Waals surface area contributed by atoms with Gasteiger partial charge in [0.15, 0.2) is 0 Å². The van der Waals surface area contributed by atoms with Gasteiger partial charge < -0.3 is 26.0 Å². The number of carbonyl (C=O) groups excluding carboxylic acids is 4. The van der Waals surface area contributed by atoms with Gasteiger partial charge in [0.2, 0.25) is 17.7 Å². The molecule has 0 bridgehead atoms. The van der Waals surface area contributed by atoms with E-state index in [0.717, 1.165) is 56.9 Å². The lowest BCUT2D eigenvalue weighted by molar-refractivity contribution is -0.143. The molecule has 4 amide bonds. The van der Waals surface area contributed by atoms with Crippen molar-refractivity contribution in [2.45, 2.75) is 123 Å². The highest BCUT2D eigenvalue weighted by atomic mass is 16.6. The Hall–Kier alpha value is -3.10. The molecule has 0 saturated heterocycles. The summed E-state index contributed by atoms with van der Waals surface area (Å²) in [5.74, 6) is -1.54. The molecule has 218 valence electrons. The average Bonchev–Trinajstić information content (AvgIpc) is 2.84. The van der Waals surface area contributed by atoms with Crippen LogP contribution < -0.4 is 16.4 Å². The molecule has 9 nitrogen and oxygen atoms in total. The van der Waals surface area contributed by atoms with Crippen molar-refractivity contribution in [3.63, 3.8) is 0 Å². The van der Waals surface area contributed by atoms with Crippen LogP contribution in [0, 0.1) is 6.92 Å². The van der Waals surface area contributed by atoms with Gasteiger partial charge in [0.25, 0.3) is 0 Å².